The number of hydrogen-bond acceptors (Lipinski definition) is 8. The minimum absolute atomic E-state index is 0.0964. The highest BCUT2D eigenvalue weighted by Gasteiger charge is 2.33. The van der Waals surface area contributed by atoms with Gasteiger partial charge in [-0.3, -0.25) is 14.4 Å². The fourth-order valence-corrected chi connectivity index (χ4v) is 5.21. The SMILES string of the molecule is CCOC(=O)c1ccccc1N=Cc1c(C)c(C#N)c(=O)n(C2CCS(=O)(=O)C2)c1O. The largest absolute Gasteiger partial charge is 0.494 e. The number of aromatic hydroxyl groups is 1. The van der Waals surface area contributed by atoms with E-state index in [2.05, 4.69) is 4.99 Å². The second-order valence-corrected chi connectivity index (χ2v) is 9.31. The van der Waals surface area contributed by atoms with Crippen LogP contribution in [-0.2, 0) is 14.6 Å². The quantitative estimate of drug-likeness (QED) is 0.551. The maximum atomic E-state index is 12.8. The molecular formula is C21H21N3O6S. The van der Waals surface area contributed by atoms with Crippen molar-refractivity contribution in [1.82, 2.24) is 4.57 Å². The van der Waals surface area contributed by atoms with Crippen LogP contribution in [0.15, 0.2) is 34.1 Å². The molecule has 1 aliphatic heterocycles. The Morgan fingerprint density at radius 2 is 2.13 bits per heavy atom. The molecule has 1 aromatic heterocycles. The third-order valence-corrected chi connectivity index (χ3v) is 6.85. The highest BCUT2D eigenvalue weighted by atomic mass is 32.2. The van der Waals surface area contributed by atoms with Gasteiger partial charge in [-0.2, -0.15) is 5.26 Å². The highest BCUT2D eigenvalue weighted by molar-refractivity contribution is 7.91. The smallest absolute Gasteiger partial charge is 0.340 e. The van der Waals surface area contributed by atoms with Crippen LogP contribution < -0.4 is 5.56 Å². The van der Waals surface area contributed by atoms with Gasteiger partial charge in [0.1, 0.15) is 11.6 Å². The lowest BCUT2D eigenvalue weighted by Gasteiger charge is -2.18. The van der Waals surface area contributed by atoms with Gasteiger partial charge in [0.2, 0.25) is 5.88 Å². The van der Waals surface area contributed by atoms with Crippen LogP contribution in [0.4, 0.5) is 5.69 Å². The first-order chi connectivity index (χ1) is 14.7. The molecule has 0 aliphatic carbocycles. The number of esters is 1. The van der Waals surface area contributed by atoms with E-state index in [0.29, 0.717) is 0 Å². The standard InChI is InChI=1S/C21H21N3O6S/c1-3-30-21(27)15-6-4-5-7-18(15)23-11-17-13(2)16(10-22)19(25)24(20(17)26)14-8-9-31(28,29)12-14/h4-7,11,14,26H,3,8-9,12H2,1-2H3. The third-order valence-electron chi connectivity index (χ3n) is 5.10. The van der Waals surface area contributed by atoms with Gasteiger partial charge in [-0.1, -0.05) is 12.1 Å². The number of aliphatic imine (C=N–C) groups is 1. The van der Waals surface area contributed by atoms with Crippen LogP contribution in [0.1, 0.15) is 46.4 Å². The monoisotopic (exact) mass is 443 g/mol. The number of aromatic nitrogens is 1. The Hall–Kier alpha value is -3.45. The van der Waals surface area contributed by atoms with E-state index in [-0.39, 0.29) is 52.5 Å². The van der Waals surface area contributed by atoms with Crippen LogP contribution in [0.2, 0.25) is 0 Å². The molecule has 2 aromatic rings. The van der Waals surface area contributed by atoms with Crippen molar-refractivity contribution >= 4 is 27.7 Å². The maximum absolute atomic E-state index is 12.8. The number of rotatable bonds is 5. The molecule has 0 amide bonds. The van der Waals surface area contributed by atoms with E-state index in [0.717, 1.165) is 4.57 Å². The number of ether oxygens (including phenoxy) is 1. The van der Waals surface area contributed by atoms with E-state index in [1.165, 1.54) is 13.1 Å². The number of hydrogen-bond donors (Lipinski definition) is 1. The van der Waals surface area contributed by atoms with Gasteiger partial charge in [0, 0.05) is 6.21 Å². The molecule has 3 rings (SSSR count). The molecule has 0 spiro atoms. The summed E-state index contributed by atoms with van der Waals surface area (Å²) in [6.07, 6.45) is 1.41. The zero-order valence-corrected chi connectivity index (χ0v) is 17.8. The molecule has 0 saturated carbocycles. The molecular weight excluding hydrogens is 422 g/mol. The lowest BCUT2D eigenvalue weighted by Crippen LogP contribution is -2.29. The number of benzene rings is 1. The van der Waals surface area contributed by atoms with E-state index in [4.69, 9.17) is 4.74 Å². The summed E-state index contributed by atoms with van der Waals surface area (Å²) in [5.41, 5.74) is -0.155. The molecule has 1 N–H and O–H groups in total. The number of nitrogens with zero attached hydrogens (tertiary/aromatic N) is 3. The predicted octanol–water partition coefficient (Wildman–Crippen LogP) is 2.02. The molecule has 9 nitrogen and oxygen atoms in total. The van der Waals surface area contributed by atoms with Crippen molar-refractivity contribution in [3.63, 3.8) is 0 Å². The van der Waals surface area contributed by atoms with Crippen molar-refractivity contribution in [2.24, 2.45) is 4.99 Å². The average Bonchev–Trinajstić information content (AvgIpc) is 3.08. The van der Waals surface area contributed by atoms with Crippen molar-refractivity contribution in [3.05, 3.63) is 56.9 Å². The summed E-state index contributed by atoms with van der Waals surface area (Å²) in [6.45, 7) is 3.37. The van der Waals surface area contributed by atoms with E-state index >= 15 is 0 Å². The molecule has 0 radical (unpaired) electrons. The predicted molar refractivity (Wildman–Crippen MR) is 114 cm³/mol. The molecule has 2 heterocycles. The normalized spacial score (nSPS) is 17.5. The Labute approximate surface area is 179 Å². The van der Waals surface area contributed by atoms with E-state index in [1.807, 2.05) is 6.07 Å². The Morgan fingerprint density at radius 1 is 1.42 bits per heavy atom. The van der Waals surface area contributed by atoms with Gasteiger partial charge in [0.05, 0.1) is 41.0 Å². The van der Waals surface area contributed by atoms with Crippen LogP contribution in [0.5, 0.6) is 5.88 Å². The summed E-state index contributed by atoms with van der Waals surface area (Å²) in [7, 11) is -3.33. The van der Waals surface area contributed by atoms with Crippen molar-refractivity contribution in [2.75, 3.05) is 18.1 Å². The van der Waals surface area contributed by atoms with Crippen molar-refractivity contribution < 1.29 is 23.1 Å². The van der Waals surface area contributed by atoms with Gasteiger partial charge in [-0.05, 0) is 38.0 Å². The zero-order valence-electron chi connectivity index (χ0n) is 17.0. The summed E-state index contributed by atoms with van der Waals surface area (Å²) in [6, 6.07) is 7.51. The molecule has 1 fully saturated rings. The Morgan fingerprint density at radius 3 is 2.74 bits per heavy atom. The highest BCUT2D eigenvalue weighted by Crippen LogP contribution is 2.30. The molecule has 1 aliphatic rings. The van der Waals surface area contributed by atoms with Crippen LogP contribution >= 0.6 is 0 Å². The number of carbonyl (C=O) groups is 1. The Bertz CT molecular complexity index is 1270. The topological polar surface area (TPSA) is 139 Å². The number of nitriles is 1. The summed E-state index contributed by atoms with van der Waals surface area (Å²) in [5, 5.41) is 20.3. The van der Waals surface area contributed by atoms with Gasteiger partial charge in [-0.25, -0.2) is 13.2 Å². The van der Waals surface area contributed by atoms with Gasteiger partial charge < -0.3 is 9.84 Å². The minimum atomic E-state index is -3.33. The van der Waals surface area contributed by atoms with E-state index in [9.17, 15) is 28.4 Å². The second kappa shape index (κ2) is 8.73. The molecule has 1 aromatic carbocycles. The summed E-state index contributed by atoms with van der Waals surface area (Å²) in [4.78, 5) is 29.2. The summed E-state index contributed by atoms with van der Waals surface area (Å²) < 4.78 is 29.7. The second-order valence-electron chi connectivity index (χ2n) is 7.08. The van der Waals surface area contributed by atoms with Crippen molar-refractivity contribution in [2.45, 2.75) is 26.3 Å². The number of para-hydroxylation sites is 1. The minimum Gasteiger partial charge on any atom is -0.494 e. The molecule has 31 heavy (non-hydrogen) atoms. The molecule has 10 heteroatoms. The molecule has 162 valence electrons. The van der Waals surface area contributed by atoms with E-state index in [1.54, 1.807) is 31.2 Å². The van der Waals surface area contributed by atoms with Crippen molar-refractivity contribution in [1.29, 1.82) is 5.26 Å². The fourth-order valence-electron chi connectivity index (χ4n) is 3.51. The maximum Gasteiger partial charge on any atom is 0.340 e. The van der Waals surface area contributed by atoms with Gasteiger partial charge in [0.25, 0.3) is 5.56 Å². The van der Waals surface area contributed by atoms with Crippen molar-refractivity contribution in [3.8, 4) is 11.9 Å². The first-order valence-electron chi connectivity index (χ1n) is 9.59. The van der Waals surface area contributed by atoms with Crippen LogP contribution in [0, 0.1) is 18.3 Å². The number of sulfone groups is 1. The first kappa shape index (κ1) is 22.2. The van der Waals surface area contributed by atoms with Gasteiger partial charge >= 0.3 is 5.97 Å². The number of carbonyl (C=O) groups excluding carboxylic acids is 1. The van der Waals surface area contributed by atoms with Crippen LogP contribution in [0.3, 0.4) is 0 Å². The zero-order chi connectivity index (χ0) is 22.8. The first-order valence-corrected chi connectivity index (χ1v) is 11.4. The van der Waals surface area contributed by atoms with Gasteiger partial charge in [0.15, 0.2) is 9.84 Å². The molecule has 1 unspecified atom stereocenters. The lowest BCUT2D eigenvalue weighted by atomic mass is 10.0. The van der Waals surface area contributed by atoms with Gasteiger partial charge in [-0.15, -0.1) is 0 Å². The molecule has 1 saturated heterocycles. The molecule has 1 atom stereocenters. The Kier molecular flexibility index (Phi) is 6.27. The summed E-state index contributed by atoms with van der Waals surface area (Å²) in [5.74, 6) is -1.43. The van der Waals surface area contributed by atoms with Crippen LogP contribution in [0.25, 0.3) is 0 Å². The summed E-state index contributed by atoms with van der Waals surface area (Å²) >= 11 is 0. The van der Waals surface area contributed by atoms with E-state index < -0.39 is 33.3 Å². The van der Waals surface area contributed by atoms with Crippen LogP contribution in [-0.4, -0.2) is 48.4 Å². The molecule has 0 bridgehead atoms. The Balaban J connectivity index is 2.13. The third kappa shape index (κ3) is 4.36. The fraction of sp³-hybridized carbons (Fsp3) is 0.333. The number of pyridine rings is 1. The average molecular weight is 443 g/mol. The lowest BCUT2D eigenvalue weighted by molar-refractivity contribution is 0.0527.